The smallest absolute Gasteiger partial charge is 0.351 e. The lowest BCUT2D eigenvalue weighted by Gasteiger charge is -2.26. The van der Waals surface area contributed by atoms with Gasteiger partial charge in [-0.25, -0.2) is 4.79 Å². The number of hydrogen-bond donors (Lipinski definition) is 3. The predicted octanol–water partition coefficient (Wildman–Crippen LogP) is -0.618. The molecular weight excluding hydrogens is 274 g/mol. The Bertz CT molecular complexity index is 545. The lowest BCUT2D eigenvalue weighted by atomic mass is 10.0. The van der Waals surface area contributed by atoms with Crippen molar-refractivity contribution in [3.63, 3.8) is 0 Å². The summed E-state index contributed by atoms with van der Waals surface area (Å²) in [5, 5.41) is 19.1. The summed E-state index contributed by atoms with van der Waals surface area (Å²) in [4.78, 5) is 14.3. The maximum atomic E-state index is 11.9. The van der Waals surface area contributed by atoms with E-state index in [-0.39, 0.29) is 5.82 Å². The second kappa shape index (κ2) is 4.75. The van der Waals surface area contributed by atoms with E-state index in [0.29, 0.717) is 5.56 Å². The summed E-state index contributed by atoms with van der Waals surface area (Å²) in [5.41, 5.74) is 5.52. The van der Waals surface area contributed by atoms with Crippen LogP contribution < -0.4 is 11.4 Å². The fourth-order valence-corrected chi connectivity index (χ4v) is 2.41. The monoisotopic (exact) mass is 289 g/mol. The molecule has 2 rings (SSSR count). The Hall–Kier alpha value is -1.15. The largest absolute Gasteiger partial charge is 0.394 e. The highest BCUT2D eigenvalue weighted by Gasteiger charge is 2.53. The third kappa shape index (κ3) is 2.23. The normalized spacial score (nSPS) is 34.7. The van der Waals surface area contributed by atoms with E-state index >= 15 is 0 Å². The van der Waals surface area contributed by atoms with E-state index in [1.54, 1.807) is 6.92 Å². The number of aromatic nitrogens is 2. The first-order valence-corrected chi connectivity index (χ1v) is 6.15. The van der Waals surface area contributed by atoms with Gasteiger partial charge < -0.3 is 20.7 Å². The van der Waals surface area contributed by atoms with Crippen molar-refractivity contribution in [2.24, 2.45) is 0 Å². The Labute approximate surface area is 114 Å². The van der Waals surface area contributed by atoms with Gasteiger partial charge >= 0.3 is 5.69 Å². The van der Waals surface area contributed by atoms with Gasteiger partial charge in [-0.2, -0.15) is 4.98 Å². The molecule has 8 heteroatoms. The molecule has 1 aromatic heterocycles. The zero-order valence-electron chi connectivity index (χ0n) is 10.6. The molecule has 0 aromatic carbocycles. The first-order chi connectivity index (χ1) is 8.78. The number of aliphatic hydroxyl groups is 2. The molecule has 0 saturated carbocycles. The lowest BCUT2D eigenvalue weighted by Crippen LogP contribution is -2.42. The van der Waals surface area contributed by atoms with Crippen molar-refractivity contribution in [3.8, 4) is 0 Å². The van der Waals surface area contributed by atoms with Crippen LogP contribution in [0.4, 0.5) is 5.82 Å². The van der Waals surface area contributed by atoms with E-state index in [1.165, 1.54) is 17.7 Å². The molecule has 1 aromatic rings. The van der Waals surface area contributed by atoms with Gasteiger partial charge in [0, 0.05) is 11.8 Å². The number of ether oxygens (including phenoxy) is 1. The number of nitrogens with zero attached hydrogens (tertiary/aromatic N) is 2. The molecule has 4 unspecified atom stereocenters. The number of alkyl halides is 1. The second-order valence-electron chi connectivity index (χ2n) is 4.80. The Morgan fingerprint density at radius 2 is 2.32 bits per heavy atom. The van der Waals surface area contributed by atoms with Gasteiger partial charge in [-0.3, -0.25) is 4.57 Å². The van der Waals surface area contributed by atoms with Crippen LogP contribution in [0.3, 0.4) is 0 Å². The van der Waals surface area contributed by atoms with E-state index in [0.717, 1.165) is 0 Å². The number of halogens is 1. The first kappa shape index (κ1) is 14.3. The van der Waals surface area contributed by atoms with Gasteiger partial charge in [-0.05, 0) is 13.8 Å². The highest BCUT2D eigenvalue weighted by atomic mass is 35.5. The predicted molar refractivity (Wildman–Crippen MR) is 68.9 cm³/mol. The van der Waals surface area contributed by atoms with Gasteiger partial charge in [-0.1, -0.05) is 0 Å². The van der Waals surface area contributed by atoms with Crippen LogP contribution in [-0.4, -0.2) is 43.5 Å². The highest BCUT2D eigenvalue weighted by Crippen LogP contribution is 2.42. The van der Waals surface area contributed by atoms with Crippen LogP contribution in [0.5, 0.6) is 0 Å². The number of rotatable bonds is 2. The van der Waals surface area contributed by atoms with Crippen molar-refractivity contribution in [1.82, 2.24) is 9.55 Å². The van der Waals surface area contributed by atoms with Crippen molar-refractivity contribution in [1.29, 1.82) is 0 Å². The van der Waals surface area contributed by atoms with E-state index in [4.69, 9.17) is 27.2 Å². The highest BCUT2D eigenvalue weighted by molar-refractivity contribution is 6.24. The molecule has 0 bridgehead atoms. The van der Waals surface area contributed by atoms with Crippen LogP contribution in [0.1, 0.15) is 18.7 Å². The van der Waals surface area contributed by atoms with Crippen molar-refractivity contribution < 1.29 is 14.9 Å². The number of hydrogen-bond acceptors (Lipinski definition) is 6. The Kier molecular flexibility index (Phi) is 3.57. The topological polar surface area (TPSA) is 111 Å². The molecule has 1 aliphatic heterocycles. The summed E-state index contributed by atoms with van der Waals surface area (Å²) in [7, 11) is 0. The number of anilines is 1. The van der Waals surface area contributed by atoms with Gasteiger partial charge in [0.25, 0.3) is 0 Å². The summed E-state index contributed by atoms with van der Waals surface area (Å²) in [6.45, 7) is 2.84. The van der Waals surface area contributed by atoms with E-state index in [9.17, 15) is 9.90 Å². The molecule has 106 valence electrons. The summed E-state index contributed by atoms with van der Waals surface area (Å²) < 4.78 is 6.63. The van der Waals surface area contributed by atoms with Gasteiger partial charge in [-0.15, -0.1) is 11.6 Å². The molecule has 1 aliphatic rings. The number of nitrogen functional groups attached to an aromatic ring is 1. The van der Waals surface area contributed by atoms with Gasteiger partial charge in [0.15, 0.2) is 6.23 Å². The quantitative estimate of drug-likeness (QED) is 0.626. The number of aliphatic hydroxyl groups excluding tert-OH is 2. The minimum atomic E-state index is -1.25. The maximum Gasteiger partial charge on any atom is 0.351 e. The lowest BCUT2D eigenvalue weighted by molar-refractivity contribution is -0.0469. The SMILES string of the molecule is Cc1cn(C2OC(CO)C(O)C2(C)Cl)c(=O)nc1N. The fourth-order valence-electron chi connectivity index (χ4n) is 2.11. The summed E-state index contributed by atoms with van der Waals surface area (Å²) in [6, 6.07) is 0. The average molecular weight is 290 g/mol. The van der Waals surface area contributed by atoms with Crippen LogP contribution in [-0.2, 0) is 4.74 Å². The molecule has 0 spiro atoms. The van der Waals surface area contributed by atoms with E-state index < -0.39 is 35.6 Å². The second-order valence-corrected chi connectivity index (χ2v) is 5.62. The van der Waals surface area contributed by atoms with Gasteiger partial charge in [0.2, 0.25) is 0 Å². The molecule has 0 aliphatic carbocycles. The Morgan fingerprint density at radius 3 is 2.84 bits per heavy atom. The zero-order valence-corrected chi connectivity index (χ0v) is 11.3. The molecule has 4 N–H and O–H groups in total. The molecule has 0 radical (unpaired) electrons. The zero-order chi connectivity index (χ0) is 14.4. The molecule has 0 amide bonds. The molecule has 19 heavy (non-hydrogen) atoms. The summed E-state index contributed by atoms with van der Waals surface area (Å²) in [5.74, 6) is 0.134. The van der Waals surface area contributed by atoms with Crippen LogP contribution in [0.25, 0.3) is 0 Å². The molecule has 4 atom stereocenters. The van der Waals surface area contributed by atoms with Crippen molar-refractivity contribution in [3.05, 3.63) is 22.2 Å². The summed E-state index contributed by atoms with van der Waals surface area (Å²) in [6.07, 6.45) is -1.41. The van der Waals surface area contributed by atoms with Crippen LogP contribution >= 0.6 is 11.6 Å². The molecule has 7 nitrogen and oxygen atoms in total. The van der Waals surface area contributed by atoms with Crippen molar-refractivity contribution in [2.75, 3.05) is 12.3 Å². The third-order valence-electron chi connectivity index (χ3n) is 3.32. The van der Waals surface area contributed by atoms with Crippen LogP contribution in [0.15, 0.2) is 11.0 Å². The number of nitrogens with two attached hydrogens (primary N) is 1. The minimum absolute atomic E-state index is 0.134. The summed E-state index contributed by atoms with van der Waals surface area (Å²) >= 11 is 6.25. The molecule has 1 saturated heterocycles. The van der Waals surface area contributed by atoms with E-state index in [2.05, 4.69) is 4.98 Å². The van der Waals surface area contributed by atoms with Gasteiger partial charge in [0.1, 0.15) is 22.9 Å². The molecule has 1 fully saturated rings. The maximum absolute atomic E-state index is 11.9. The standard InChI is InChI=1S/C11H16ClN3O4/c1-5-3-15(10(18)14-8(5)13)9-11(2,12)7(17)6(4-16)19-9/h3,6-7,9,16-17H,4H2,1-2H3,(H2,13,14,18). The number of aryl methyl sites for hydroxylation is 1. The third-order valence-corrected chi connectivity index (χ3v) is 3.73. The first-order valence-electron chi connectivity index (χ1n) is 5.77. The van der Waals surface area contributed by atoms with E-state index in [1.807, 2.05) is 0 Å². The van der Waals surface area contributed by atoms with Crippen molar-refractivity contribution in [2.45, 2.75) is 37.2 Å². The molecular formula is C11H16ClN3O4. The Balaban J connectivity index is 2.48. The van der Waals surface area contributed by atoms with Crippen molar-refractivity contribution >= 4 is 17.4 Å². The van der Waals surface area contributed by atoms with Gasteiger partial charge in [0.05, 0.1) is 6.61 Å². The average Bonchev–Trinajstić information content (AvgIpc) is 2.56. The molecule has 2 heterocycles. The van der Waals surface area contributed by atoms with Crippen LogP contribution in [0, 0.1) is 6.92 Å². The minimum Gasteiger partial charge on any atom is -0.394 e. The Morgan fingerprint density at radius 1 is 1.68 bits per heavy atom. The van der Waals surface area contributed by atoms with Crippen LogP contribution in [0.2, 0.25) is 0 Å². The fraction of sp³-hybridized carbons (Fsp3) is 0.636.